The molecule has 0 aliphatic carbocycles. The van der Waals surface area contributed by atoms with E-state index in [2.05, 4.69) is 36.5 Å². The number of hydrogen-bond acceptors (Lipinski definition) is 4. The molecule has 2 aromatic rings. The van der Waals surface area contributed by atoms with Gasteiger partial charge in [0.25, 0.3) is 0 Å². The van der Waals surface area contributed by atoms with Gasteiger partial charge in [0.05, 0.1) is 13.7 Å². The molecule has 0 unspecified atom stereocenters. The standard InChI is InChI=1S/C19H25NO3.ClH/c1-15-7-9-16(10-8-15)14-23-19-17(13-20-11-12-21-2)5-4-6-18(19)22-3;/h4-10,20H,11-14H2,1-3H3;1H. The van der Waals surface area contributed by atoms with Gasteiger partial charge in [-0.2, -0.15) is 0 Å². The van der Waals surface area contributed by atoms with Crippen molar-refractivity contribution in [3.63, 3.8) is 0 Å². The smallest absolute Gasteiger partial charge is 0.166 e. The fourth-order valence-corrected chi connectivity index (χ4v) is 2.26. The van der Waals surface area contributed by atoms with E-state index >= 15 is 0 Å². The molecule has 1 N–H and O–H groups in total. The Kier molecular flexibility index (Phi) is 9.23. The molecule has 0 saturated heterocycles. The molecule has 0 heterocycles. The van der Waals surface area contributed by atoms with Gasteiger partial charge in [-0.25, -0.2) is 0 Å². The lowest BCUT2D eigenvalue weighted by atomic mass is 10.1. The Bertz CT molecular complexity index is 602. The van der Waals surface area contributed by atoms with E-state index < -0.39 is 0 Å². The summed E-state index contributed by atoms with van der Waals surface area (Å²) in [5, 5.41) is 3.34. The molecule has 0 amide bonds. The highest BCUT2D eigenvalue weighted by Gasteiger charge is 2.10. The Hall–Kier alpha value is -1.75. The van der Waals surface area contributed by atoms with E-state index in [4.69, 9.17) is 14.2 Å². The summed E-state index contributed by atoms with van der Waals surface area (Å²) < 4.78 is 16.5. The van der Waals surface area contributed by atoms with E-state index in [0.29, 0.717) is 19.8 Å². The van der Waals surface area contributed by atoms with E-state index in [0.717, 1.165) is 29.2 Å². The molecule has 24 heavy (non-hydrogen) atoms. The summed E-state index contributed by atoms with van der Waals surface area (Å²) in [6, 6.07) is 14.3. The molecule has 0 bridgehead atoms. The van der Waals surface area contributed by atoms with Gasteiger partial charge in [-0.1, -0.05) is 42.0 Å². The van der Waals surface area contributed by atoms with Crippen LogP contribution in [0.25, 0.3) is 0 Å². The van der Waals surface area contributed by atoms with Crippen LogP contribution in [0, 0.1) is 6.92 Å². The second-order valence-electron chi connectivity index (χ2n) is 5.39. The first-order valence-corrected chi connectivity index (χ1v) is 7.78. The summed E-state index contributed by atoms with van der Waals surface area (Å²) in [6.07, 6.45) is 0. The number of para-hydroxylation sites is 1. The molecule has 132 valence electrons. The third-order valence-electron chi connectivity index (χ3n) is 3.58. The van der Waals surface area contributed by atoms with Crippen LogP contribution in [0.2, 0.25) is 0 Å². The van der Waals surface area contributed by atoms with Crippen LogP contribution in [0.3, 0.4) is 0 Å². The molecule has 0 saturated carbocycles. The van der Waals surface area contributed by atoms with Crippen LogP contribution in [0.15, 0.2) is 42.5 Å². The summed E-state index contributed by atoms with van der Waals surface area (Å²) in [5.74, 6) is 1.55. The van der Waals surface area contributed by atoms with Crippen LogP contribution in [-0.2, 0) is 17.9 Å². The van der Waals surface area contributed by atoms with Gasteiger partial charge in [0.1, 0.15) is 6.61 Å². The number of methoxy groups -OCH3 is 2. The van der Waals surface area contributed by atoms with E-state index in [9.17, 15) is 0 Å². The average molecular weight is 352 g/mol. The zero-order valence-electron chi connectivity index (χ0n) is 14.5. The van der Waals surface area contributed by atoms with Crippen molar-refractivity contribution in [2.24, 2.45) is 0 Å². The maximum atomic E-state index is 6.05. The Morgan fingerprint density at radius 1 is 1.00 bits per heavy atom. The van der Waals surface area contributed by atoms with Gasteiger partial charge in [-0.15, -0.1) is 12.4 Å². The van der Waals surface area contributed by atoms with Gasteiger partial charge in [-0.05, 0) is 18.6 Å². The number of benzene rings is 2. The second-order valence-corrected chi connectivity index (χ2v) is 5.39. The molecule has 4 nitrogen and oxygen atoms in total. The van der Waals surface area contributed by atoms with Crippen molar-refractivity contribution in [2.75, 3.05) is 27.4 Å². The number of hydrogen-bond donors (Lipinski definition) is 1. The van der Waals surface area contributed by atoms with E-state index in [1.807, 2.05) is 18.2 Å². The minimum Gasteiger partial charge on any atom is -0.493 e. The van der Waals surface area contributed by atoms with E-state index in [1.165, 1.54) is 5.56 Å². The van der Waals surface area contributed by atoms with Crippen molar-refractivity contribution in [1.82, 2.24) is 5.32 Å². The lowest BCUT2D eigenvalue weighted by Crippen LogP contribution is -2.19. The van der Waals surface area contributed by atoms with Gasteiger partial charge in [0.15, 0.2) is 11.5 Å². The zero-order chi connectivity index (χ0) is 16.5. The maximum Gasteiger partial charge on any atom is 0.166 e. The predicted molar refractivity (Wildman–Crippen MR) is 99.3 cm³/mol. The number of aryl methyl sites for hydroxylation is 1. The van der Waals surface area contributed by atoms with Crippen molar-refractivity contribution in [1.29, 1.82) is 0 Å². The molecule has 5 heteroatoms. The van der Waals surface area contributed by atoms with Crippen LogP contribution in [0.5, 0.6) is 11.5 Å². The second kappa shape index (κ2) is 10.9. The molecule has 0 fully saturated rings. The lowest BCUT2D eigenvalue weighted by Gasteiger charge is -2.15. The number of ether oxygens (including phenoxy) is 3. The van der Waals surface area contributed by atoms with Gasteiger partial charge >= 0.3 is 0 Å². The Labute approximate surface area is 150 Å². The first-order chi connectivity index (χ1) is 11.2. The van der Waals surface area contributed by atoms with E-state index in [-0.39, 0.29) is 12.4 Å². The van der Waals surface area contributed by atoms with Gasteiger partial charge in [0, 0.05) is 25.8 Å². The SMILES string of the molecule is COCCNCc1cccc(OC)c1OCc1ccc(C)cc1.Cl. The first kappa shape index (κ1) is 20.3. The molecule has 0 spiro atoms. The van der Waals surface area contributed by atoms with Gasteiger partial charge in [-0.3, -0.25) is 0 Å². The monoisotopic (exact) mass is 351 g/mol. The topological polar surface area (TPSA) is 39.7 Å². The molecular weight excluding hydrogens is 326 g/mol. The molecular formula is C19H26ClNO3. The maximum absolute atomic E-state index is 6.05. The molecule has 0 radical (unpaired) electrons. The molecule has 0 aromatic heterocycles. The molecule has 0 aliphatic heterocycles. The fourth-order valence-electron chi connectivity index (χ4n) is 2.26. The van der Waals surface area contributed by atoms with Crippen molar-refractivity contribution < 1.29 is 14.2 Å². The average Bonchev–Trinajstić information content (AvgIpc) is 2.58. The van der Waals surface area contributed by atoms with E-state index in [1.54, 1.807) is 14.2 Å². The molecule has 2 rings (SSSR count). The summed E-state index contributed by atoms with van der Waals surface area (Å²) in [6.45, 7) is 4.79. The zero-order valence-corrected chi connectivity index (χ0v) is 15.3. The lowest BCUT2D eigenvalue weighted by molar-refractivity contribution is 0.199. The summed E-state index contributed by atoms with van der Waals surface area (Å²) in [4.78, 5) is 0. The predicted octanol–water partition coefficient (Wildman–Crippen LogP) is 3.74. The summed E-state index contributed by atoms with van der Waals surface area (Å²) in [7, 11) is 3.36. The van der Waals surface area contributed by atoms with Crippen molar-refractivity contribution in [3.8, 4) is 11.5 Å². The van der Waals surface area contributed by atoms with Crippen LogP contribution < -0.4 is 14.8 Å². The van der Waals surface area contributed by atoms with Crippen LogP contribution in [-0.4, -0.2) is 27.4 Å². The largest absolute Gasteiger partial charge is 0.493 e. The third-order valence-corrected chi connectivity index (χ3v) is 3.58. The van der Waals surface area contributed by atoms with Crippen molar-refractivity contribution in [2.45, 2.75) is 20.1 Å². The van der Waals surface area contributed by atoms with Crippen LogP contribution in [0.1, 0.15) is 16.7 Å². The van der Waals surface area contributed by atoms with Crippen molar-refractivity contribution in [3.05, 3.63) is 59.2 Å². The third kappa shape index (κ3) is 6.04. The highest BCUT2D eigenvalue weighted by atomic mass is 35.5. The normalized spacial score (nSPS) is 10.1. The Balaban J connectivity index is 0.00000288. The fraction of sp³-hybridized carbons (Fsp3) is 0.368. The Morgan fingerprint density at radius 2 is 1.75 bits per heavy atom. The molecule has 0 aliphatic rings. The quantitative estimate of drug-likeness (QED) is 0.699. The minimum atomic E-state index is 0. The minimum absolute atomic E-state index is 0. The highest BCUT2D eigenvalue weighted by molar-refractivity contribution is 5.85. The highest BCUT2D eigenvalue weighted by Crippen LogP contribution is 2.31. The first-order valence-electron chi connectivity index (χ1n) is 7.78. The summed E-state index contributed by atoms with van der Waals surface area (Å²) in [5.41, 5.74) is 3.46. The number of rotatable bonds is 9. The summed E-state index contributed by atoms with van der Waals surface area (Å²) >= 11 is 0. The number of halogens is 1. The number of nitrogens with one attached hydrogen (secondary N) is 1. The Morgan fingerprint density at radius 3 is 2.42 bits per heavy atom. The molecule has 0 atom stereocenters. The van der Waals surface area contributed by atoms with Gasteiger partial charge in [0.2, 0.25) is 0 Å². The molecule has 2 aromatic carbocycles. The van der Waals surface area contributed by atoms with Crippen LogP contribution >= 0.6 is 12.4 Å². The van der Waals surface area contributed by atoms with Crippen molar-refractivity contribution >= 4 is 12.4 Å². The van der Waals surface area contributed by atoms with Crippen LogP contribution in [0.4, 0.5) is 0 Å². The van der Waals surface area contributed by atoms with Gasteiger partial charge < -0.3 is 19.5 Å².